The normalized spacial score (nSPS) is 15.1. The first kappa shape index (κ1) is 23.6. The molecule has 2 heterocycles. The molecule has 1 saturated heterocycles. The van der Waals surface area contributed by atoms with Gasteiger partial charge in [-0.1, -0.05) is 67.6 Å². The van der Waals surface area contributed by atoms with Gasteiger partial charge < -0.3 is 10.2 Å². The Morgan fingerprint density at radius 1 is 1.03 bits per heavy atom. The number of hydrogen-bond acceptors (Lipinski definition) is 5. The Balaban J connectivity index is 1.18. The molecule has 1 aliphatic rings. The van der Waals surface area contributed by atoms with E-state index in [1.807, 2.05) is 65.6 Å². The van der Waals surface area contributed by atoms with Crippen LogP contribution in [0.5, 0.6) is 0 Å². The van der Waals surface area contributed by atoms with Crippen molar-refractivity contribution in [1.82, 2.24) is 30.4 Å². The van der Waals surface area contributed by atoms with Crippen LogP contribution in [0.3, 0.4) is 0 Å². The summed E-state index contributed by atoms with van der Waals surface area (Å²) in [5, 5.41) is 15.7. The molecule has 0 radical (unpaired) electrons. The number of tetrazole rings is 1. The second-order valence-corrected chi connectivity index (χ2v) is 8.72. The maximum Gasteiger partial charge on any atom is 0.230 e. The Labute approximate surface area is 200 Å². The number of hydrogen-bond donors (Lipinski definition) is 1. The third-order valence-corrected chi connectivity index (χ3v) is 6.33. The maximum absolute atomic E-state index is 13.0. The van der Waals surface area contributed by atoms with Gasteiger partial charge in [-0.05, 0) is 36.5 Å². The van der Waals surface area contributed by atoms with Crippen molar-refractivity contribution in [2.75, 3.05) is 13.1 Å². The lowest BCUT2D eigenvalue weighted by molar-refractivity contribution is -0.134. The predicted molar refractivity (Wildman–Crippen MR) is 130 cm³/mol. The van der Waals surface area contributed by atoms with E-state index in [-0.39, 0.29) is 23.8 Å². The first-order chi connectivity index (χ1) is 16.6. The maximum atomic E-state index is 13.0. The molecular weight excluding hydrogens is 428 g/mol. The van der Waals surface area contributed by atoms with Crippen LogP contribution in [0.15, 0.2) is 60.7 Å². The third kappa shape index (κ3) is 6.07. The first-order valence-corrected chi connectivity index (χ1v) is 12.1. The average molecular weight is 461 g/mol. The molecule has 0 aliphatic carbocycles. The molecule has 3 aromatic rings. The summed E-state index contributed by atoms with van der Waals surface area (Å²) in [7, 11) is 0. The van der Waals surface area contributed by atoms with Crippen LogP contribution in [0, 0.1) is 0 Å². The summed E-state index contributed by atoms with van der Waals surface area (Å²) in [5.74, 6) is 0.710. The largest absolute Gasteiger partial charge is 0.353 e. The van der Waals surface area contributed by atoms with Crippen molar-refractivity contribution in [2.24, 2.45) is 0 Å². The van der Waals surface area contributed by atoms with Crippen LogP contribution in [0.1, 0.15) is 50.5 Å². The number of carbonyl (C=O) groups excluding carboxylic acids is 2. The number of nitrogens with one attached hydrogen (secondary N) is 1. The highest BCUT2D eigenvalue weighted by Gasteiger charge is 2.28. The summed E-state index contributed by atoms with van der Waals surface area (Å²) < 4.78 is 0. The average Bonchev–Trinajstić information content (AvgIpc) is 3.35. The van der Waals surface area contributed by atoms with Crippen LogP contribution in [-0.4, -0.2) is 56.1 Å². The summed E-state index contributed by atoms with van der Waals surface area (Å²) in [6.07, 6.45) is 3.41. The lowest BCUT2D eigenvalue weighted by atomic mass is 9.93. The zero-order chi connectivity index (χ0) is 23.8. The molecule has 1 aliphatic heterocycles. The first-order valence-electron chi connectivity index (χ1n) is 12.1. The minimum Gasteiger partial charge on any atom is -0.353 e. The standard InChI is InChI=1S/C26H32N6O2/c1-2-23(20-10-5-3-6-11-20)26(34)31-18-15-22(16-19-31)27-24(33)14-9-17-32-29-25(28-30-32)21-12-7-4-8-13-21/h3-8,10-13,22-23H,2,9,14-19H2,1H3,(H,27,33). The van der Waals surface area contributed by atoms with Gasteiger partial charge in [-0.3, -0.25) is 9.59 Å². The van der Waals surface area contributed by atoms with E-state index in [9.17, 15) is 9.59 Å². The van der Waals surface area contributed by atoms with Crippen molar-refractivity contribution in [2.45, 2.75) is 57.5 Å². The molecule has 0 saturated carbocycles. The van der Waals surface area contributed by atoms with Crippen molar-refractivity contribution in [1.29, 1.82) is 0 Å². The van der Waals surface area contributed by atoms with E-state index in [0.717, 1.165) is 30.4 Å². The number of amides is 2. The predicted octanol–water partition coefficient (Wildman–Crippen LogP) is 3.42. The Bertz CT molecular complexity index is 1060. The third-order valence-electron chi connectivity index (χ3n) is 6.33. The molecule has 2 aromatic carbocycles. The summed E-state index contributed by atoms with van der Waals surface area (Å²) in [6.45, 7) is 3.95. The van der Waals surface area contributed by atoms with E-state index in [1.165, 1.54) is 4.80 Å². The van der Waals surface area contributed by atoms with Gasteiger partial charge in [-0.25, -0.2) is 0 Å². The van der Waals surface area contributed by atoms with Gasteiger partial charge in [0.25, 0.3) is 0 Å². The fraction of sp³-hybridized carbons (Fsp3) is 0.423. The summed E-state index contributed by atoms with van der Waals surface area (Å²) in [5.41, 5.74) is 1.99. The van der Waals surface area contributed by atoms with Crippen molar-refractivity contribution in [3.8, 4) is 11.4 Å². The lowest BCUT2D eigenvalue weighted by Crippen LogP contribution is -2.47. The number of aryl methyl sites for hydroxylation is 1. The highest BCUT2D eigenvalue weighted by Crippen LogP contribution is 2.24. The number of benzene rings is 2. The molecule has 8 heteroatoms. The lowest BCUT2D eigenvalue weighted by Gasteiger charge is -2.34. The molecule has 2 amide bonds. The number of aromatic nitrogens is 4. The van der Waals surface area contributed by atoms with Crippen molar-refractivity contribution < 1.29 is 9.59 Å². The van der Waals surface area contributed by atoms with Crippen LogP contribution < -0.4 is 5.32 Å². The number of nitrogens with zero attached hydrogens (tertiary/aromatic N) is 5. The molecular formula is C26H32N6O2. The SMILES string of the molecule is CCC(C(=O)N1CCC(NC(=O)CCCn2nnc(-c3ccccc3)n2)CC1)c1ccccc1. The Morgan fingerprint density at radius 2 is 1.71 bits per heavy atom. The van der Waals surface area contributed by atoms with E-state index in [4.69, 9.17) is 0 Å². The van der Waals surface area contributed by atoms with Gasteiger partial charge in [0.05, 0.1) is 12.5 Å². The molecule has 1 N–H and O–H groups in total. The van der Waals surface area contributed by atoms with Crippen molar-refractivity contribution in [3.63, 3.8) is 0 Å². The Hall–Kier alpha value is -3.55. The topological polar surface area (TPSA) is 93.0 Å². The van der Waals surface area contributed by atoms with Gasteiger partial charge in [0.1, 0.15) is 0 Å². The fourth-order valence-corrected chi connectivity index (χ4v) is 4.42. The number of likely N-dealkylation sites (tertiary alicyclic amines) is 1. The van der Waals surface area contributed by atoms with Crippen LogP contribution in [-0.2, 0) is 16.1 Å². The minimum atomic E-state index is -0.0971. The van der Waals surface area contributed by atoms with Gasteiger partial charge in [0.2, 0.25) is 17.6 Å². The van der Waals surface area contributed by atoms with Gasteiger partial charge in [0, 0.05) is 31.1 Å². The van der Waals surface area contributed by atoms with Gasteiger partial charge in [-0.15, -0.1) is 10.2 Å². The number of rotatable bonds is 9. The fourth-order valence-electron chi connectivity index (χ4n) is 4.42. The van der Waals surface area contributed by atoms with E-state index in [1.54, 1.807) is 0 Å². The smallest absolute Gasteiger partial charge is 0.230 e. The molecule has 1 unspecified atom stereocenters. The zero-order valence-electron chi connectivity index (χ0n) is 19.6. The molecule has 8 nitrogen and oxygen atoms in total. The second kappa shape index (κ2) is 11.5. The summed E-state index contributed by atoms with van der Waals surface area (Å²) in [6, 6.07) is 19.8. The van der Waals surface area contributed by atoms with E-state index in [0.29, 0.717) is 38.3 Å². The molecule has 1 aromatic heterocycles. The zero-order valence-corrected chi connectivity index (χ0v) is 19.6. The molecule has 1 fully saturated rings. The monoisotopic (exact) mass is 460 g/mol. The van der Waals surface area contributed by atoms with E-state index < -0.39 is 0 Å². The molecule has 0 bridgehead atoms. The second-order valence-electron chi connectivity index (χ2n) is 8.72. The summed E-state index contributed by atoms with van der Waals surface area (Å²) in [4.78, 5) is 29.0. The molecule has 4 rings (SSSR count). The summed E-state index contributed by atoms with van der Waals surface area (Å²) >= 11 is 0. The molecule has 0 spiro atoms. The number of piperidine rings is 1. The van der Waals surface area contributed by atoms with Crippen LogP contribution in [0.25, 0.3) is 11.4 Å². The molecule has 1 atom stereocenters. The van der Waals surface area contributed by atoms with Gasteiger partial charge in [0.15, 0.2) is 0 Å². The minimum absolute atomic E-state index is 0.0314. The number of carbonyl (C=O) groups is 2. The van der Waals surface area contributed by atoms with Crippen molar-refractivity contribution in [3.05, 3.63) is 66.2 Å². The highest BCUT2D eigenvalue weighted by atomic mass is 16.2. The quantitative estimate of drug-likeness (QED) is 0.528. The van der Waals surface area contributed by atoms with Crippen molar-refractivity contribution >= 4 is 11.8 Å². The van der Waals surface area contributed by atoms with Gasteiger partial charge in [-0.2, -0.15) is 4.80 Å². The van der Waals surface area contributed by atoms with E-state index >= 15 is 0 Å². The van der Waals surface area contributed by atoms with Crippen LogP contribution in [0.4, 0.5) is 0 Å². The highest BCUT2D eigenvalue weighted by molar-refractivity contribution is 5.84. The van der Waals surface area contributed by atoms with Crippen LogP contribution in [0.2, 0.25) is 0 Å². The Kier molecular flexibility index (Phi) is 8.01. The molecule has 34 heavy (non-hydrogen) atoms. The van der Waals surface area contributed by atoms with Crippen LogP contribution >= 0.6 is 0 Å². The molecule has 178 valence electrons. The van der Waals surface area contributed by atoms with Gasteiger partial charge >= 0.3 is 0 Å². The van der Waals surface area contributed by atoms with E-state index in [2.05, 4.69) is 27.7 Å². The Morgan fingerprint density at radius 3 is 2.38 bits per heavy atom.